The summed E-state index contributed by atoms with van der Waals surface area (Å²) in [6.45, 7) is 1.74. The number of hydrogen-bond acceptors (Lipinski definition) is 4. The van der Waals surface area contributed by atoms with Crippen LogP contribution >= 0.6 is 0 Å². The number of sulfonamides is 1. The van der Waals surface area contributed by atoms with Gasteiger partial charge in [-0.3, -0.25) is 4.72 Å². The van der Waals surface area contributed by atoms with Crippen LogP contribution in [0.1, 0.15) is 23.8 Å². The number of carboxylic acids is 1. The molecule has 0 aliphatic rings. The van der Waals surface area contributed by atoms with Crippen LogP contribution in [0.3, 0.4) is 0 Å². The van der Waals surface area contributed by atoms with Crippen LogP contribution in [0, 0.1) is 0 Å². The minimum atomic E-state index is -3.43. The average molecular weight is 244 g/mol. The fourth-order valence-corrected chi connectivity index (χ4v) is 2.16. The molecular formula is C9H12N2O4S. The van der Waals surface area contributed by atoms with Gasteiger partial charge in [-0.15, -0.1) is 0 Å². The summed E-state index contributed by atoms with van der Waals surface area (Å²) in [5, 5.41) is 8.67. The number of aromatic carboxylic acids is 1. The van der Waals surface area contributed by atoms with E-state index in [1.54, 1.807) is 6.92 Å². The summed E-state index contributed by atoms with van der Waals surface area (Å²) in [6, 6.07) is 4.12. The molecule has 0 unspecified atom stereocenters. The van der Waals surface area contributed by atoms with Gasteiger partial charge in [0.15, 0.2) is 5.69 Å². The van der Waals surface area contributed by atoms with E-state index in [1.807, 2.05) is 0 Å². The standard InChI is InChI=1S/C9H12N2O4S/c1-2-6-16(14,15)11-8-5-3-4-7(10-8)9(12)13/h3-5H,2,6H2,1H3,(H,10,11)(H,12,13). The molecule has 6 nitrogen and oxygen atoms in total. The fourth-order valence-electron chi connectivity index (χ4n) is 1.09. The zero-order chi connectivity index (χ0) is 12.2. The van der Waals surface area contributed by atoms with Crippen molar-refractivity contribution >= 4 is 21.8 Å². The number of rotatable bonds is 5. The molecule has 0 aromatic carbocycles. The third-order valence-corrected chi connectivity index (χ3v) is 3.17. The van der Waals surface area contributed by atoms with Gasteiger partial charge in [0.2, 0.25) is 10.0 Å². The van der Waals surface area contributed by atoms with Gasteiger partial charge in [0.05, 0.1) is 5.75 Å². The molecule has 0 bridgehead atoms. The van der Waals surface area contributed by atoms with Crippen LogP contribution < -0.4 is 4.72 Å². The van der Waals surface area contributed by atoms with Gasteiger partial charge in [-0.25, -0.2) is 18.2 Å². The van der Waals surface area contributed by atoms with Crippen LogP contribution in [-0.4, -0.2) is 30.2 Å². The predicted molar refractivity (Wildman–Crippen MR) is 58.9 cm³/mol. The van der Waals surface area contributed by atoms with Crippen molar-refractivity contribution in [1.82, 2.24) is 4.98 Å². The molecular weight excluding hydrogens is 232 g/mol. The Morgan fingerprint density at radius 1 is 1.50 bits per heavy atom. The van der Waals surface area contributed by atoms with Crippen molar-refractivity contribution in [2.75, 3.05) is 10.5 Å². The van der Waals surface area contributed by atoms with E-state index in [2.05, 4.69) is 9.71 Å². The second-order valence-corrected chi connectivity index (χ2v) is 4.98. The maximum atomic E-state index is 11.4. The molecule has 7 heteroatoms. The monoisotopic (exact) mass is 244 g/mol. The Hall–Kier alpha value is -1.63. The van der Waals surface area contributed by atoms with Gasteiger partial charge in [0.1, 0.15) is 5.82 Å². The van der Waals surface area contributed by atoms with E-state index in [0.717, 1.165) is 0 Å². The smallest absolute Gasteiger partial charge is 0.354 e. The molecule has 0 atom stereocenters. The lowest BCUT2D eigenvalue weighted by molar-refractivity contribution is 0.0690. The van der Waals surface area contributed by atoms with Crippen molar-refractivity contribution in [2.45, 2.75) is 13.3 Å². The highest BCUT2D eigenvalue weighted by atomic mass is 32.2. The molecule has 0 saturated heterocycles. The third-order valence-electron chi connectivity index (χ3n) is 1.70. The van der Waals surface area contributed by atoms with Crippen LogP contribution in [0.4, 0.5) is 5.82 Å². The van der Waals surface area contributed by atoms with E-state index in [4.69, 9.17) is 5.11 Å². The highest BCUT2D eigenvalue weighted by Crippen LogP contribution is 2.07. The minimum Gasteiger partial charge on any atom is -0.477 e. The van der Waals surface area contributed by atoms with E-state index in [9.17, 15) is 13.2 Å². The topological polar surface area (TPSA) is 96.4 Å². The molecule has 0 aliphatic carbocycles. The number of carbonyl (C=O) groups is 1. The molecule has 1 heterocycles. The van der Waals surface area contributed by atoms with E-state index in [1.165, 1.54) is 18.2 Å². The third kappa shape index (κ3) is 3.50. The van der Waals surface area contributed by atoms with Crippen molar-refractivity contribution < 1.29 is 18.3 Å². The second-order valence-electron chi connectivity index (χ2n) is 3.13. The van der Waals surface area contributed by atoms with Crippen LogP contribution in [0.2, 0.25) is 0 Å². The molecule has 0 amide bonds. The van der Waals surface area contributed by atoms with Gasteiger partial charge in [0.25, 0.3) is 0 Å². The van der Waals surface area contributed by atoms with E-state index >= 15 is 0 Å². The average Bonchev–Trinajstić information content (AvgIpc) is 2.17. The Labute approximate surface area is 93.4 Å². The molecule has 0 radical (unpaired) electrons. The van der Waals surface area contributed by atoms with E-state index < -0.39 is 16.0 Å². The second kappa shape index (κ2) is 4.93. The van der Waals surface area contributed by atoms with Gasteiger partial charge in [0, 0.05) is 0 Å². The zero-order valence-electron chi connectivity index (χ0n) is 8.67. The molecule has 0 saturated carbocycles. The molecule has 16 heavy (non-hydrogen) atoms. The van der Waals surface area contributed by atoms with Gasteiger partial charge in [-0.1, -0.05) is 13.0 Å². The molecule has 1 aromatic heterocycles. The molecule has 0 spiro atoms. The maximum Gasteiger partial charge on any atom is 0.354 e. The van der Waals surface area contributed by atoms with Gasteiger partial charge in [-0.05, 0) is 18.6 Å². The molecule has 1 aromatic rings. The fraction of sp³-hybridized carbons (Fsp3) is 0.333. The SMILES string of the molecule is CCCS(=O)(=O)Nc1cccc(C(=O)O)n1. The highest BCUT2D eigenvalue weighted by Gasteiger charge is 2.11. The summed E-state index contributed by atoms with van der Waals surface area (Å²) in [6.07, 6.45) is 0.480. The molecule has 1 rings (SSSR count). The van der Waals surface area contributed by atoms with Crippen molar-refractivity contribution in [3.05, 3.63) is 23.9 Å². The summed E-state index contributed by atoms with van der Waals surface area (Å²) in [7, 11) is -3.43. The van der Waals surface area contributed by atoms with E-state index in [-0.39, 0.29) is 17.3 Å². The lowest BCUT2D eigenvalue weighted by atomic mass is 10.3. The van der Waals surface area contributed by atoms with Gasteiger partial charge >= 0.3 is 5.97 Å². The van der Waals surface area contributed by atoms with E-state index in [0.29, 0.717) is 6.42 Å². The molecule has 2 N–H and O–H groups in total. The number of carboxylic acid groups (broad SMARTS) is 1. The van der Waals surface area contributed by atoms with Crippen molar-refractivity contribution in [3.63, 3.8) is 0 Å². The minimum absolute atomic E-state index is 0.0216. The highest BCUT2D eigenvalue weighted by molar-refractivity contribution is 7.92. The number of anilines is 1. The van der Waals surface area contributed by atoms with Crippen LogP contribution in [-0.2, 0) is 10.0 Å². The Bertz CT molecular complexity index is 484. The number of nitrogens with zero attached hydrogens (tertiary/aromatic N) is 1. The normalized spacial score (nSPS) is 11.1. The molecule has 0 aliphatic heterocycles. The summed E-state index contributed by atoms with van der Waals surface area (Å²) >= 11 is 0. The Balaban J connectivity index is 2.90. The summed E-state index contributed by atoms with van der Waals surface area (Å²) in [5.41, 5.74) is -0.198. The molecule has 0 fully saturated rings. The number of nitrogens with one attached hydrogen (secondary N) is 1. The first-order chi connectivity index (χ1) is 7.44. The summed E-state index contributed by atoms with van der Waals surface area (Å²) in [5.74, 6) is -1.20. The zero-order valence-corrected chi connectivity index (χ0v) is 9.49. The van der Waals surface area contributed by atoms with Crippen LogP contribution in [0.25, 0.3) is 0 Å². The lowest BCUT2D eigenvalue weighted by Crippen LogP contribution is -2.17. The van der Waals surface area contributed by atoms with Crippen molar-refractivity contribution in [2.24, 2.45) is 0 Å². The van der Waals surface area contributed by atoms with Crippen molar-refractivity contribution in [1.29, 1.82) is 0 Å². The lowest BCUT2D eigenvalue weighted by Gasteiger charge is -2.06. The first-order valence-corrected chi connectivity index (χ1v) is 6.30. The number of aromatic nitrogens is 1. The number of pyridine rings is 1. The van der Waals surface area contributed by atoms with Crippen LogP contribution in [0.5, 0.6) is 0 Å². The van der Waals surface area contributed by atoms with Crippen molar-refractivity contribution in [3.8, 4) is 0 Å². The van der Waals surface area contributed by atoms with Gasteiger partial charge < -0.3 is 5.11 Å². The predicted octanol–water partition coefficient (Wildman–Crippen LogP) is 0.932. The maximum absolute atomic E-state index is 11.4. The number of hydrogen-bond donors (Lipinski definition) is 2. The quantitative estimate of drug-likeness (QED) is 0.803. The summed E-state index contributed by atoms with van der Waals surface area (Å²) in [4.78, 5) is 14.3. The Kier molecular flexibility index (Phi) is 3.83. The van der Waals surface area contributed by atoms with Crippen LogP contribution in [0.15, 0.2) is 18.2 Å². The first-order valence-electron chi connectivity index (χ1n) is 4.65. The Morgan fingerprint density at radius 2 is 2.19 bits per heavy atom. The summed E-state index contributed by atoms with van der Waals surface area (Å²) < 4.78 is 25.0. The Morgan fingerprint density at radius 3 is 2.75 bits per heavy atom. The molecule has 88 valence electrons. The van der Waals surface area contributed by atoms with Gasteiger partial charge in [-0.2, -0.15) is 0 Å². The largest absolute Gasteiger partial charge is 0.477 e. The first kappa shape index (κ1) is 12.4.